The lowest BCUT2D eigenvalue weighted by Crippen LogP contribution is -2.24. The second-order valence-corrected chi connectivity index (χ2v) is 5.81. The van der Waals surface area contributed by atoms with Gasteiger partial charge in [-0.05, 0) is 58.6 Å². The summed E-state index contributed by atoms with van der Waals surface area (Å²) in [7, 11) is 0. The summed E-state index contributed by atoms with van der Waals surface area (Å²) < 4.78 is 6.12. The zero-order valence-corrected chi connectivity index (χ0v) is 12.8. The van der Waals surface area contributed by atoms with E-state index in [9.17, 15) is 5.11 Å². The molecule has 0 amide bonds. The molecule has 0 radical (unpaired) electrons. The highest BCUT2D eigenvalue weighted by Crippen LogP contribution is 2.39. The van der Waals surface area contributed by atoms with Crippen LogP contribution in [0.1, 0.15) is 56.9 Å². The van der Waals surface area contributed by atoms with Gasteiger partial charge >= 0.3 is 0 Å². The number of hydrogen-bond donors (Lipinski definition) is 1. The molecule has 0 saturated heterocycles. The van der Waals surface area contributed by atoms with Crippen molar-refractivity contribution >= 4 is 0 Å². The lowest BCUT2D eigenvalue weighted by atomic mass is 9.93. The van der Waals surface area contributed by atoms with Crippen LogP contribution in [0.15, 0.2) is 0 Å². The molecule has 1 aromatic carbocycles. The average molecular weight is 250 g/mol. The van der Waals surface area contributed by atoms with Gasteiger partial charge in [0, 0.05) is 11.1 Å². The standard InChI is InChI=1S/C16H26O2/c1-8-12-11(4)15(18-16(5,6)7)13(9-2)10(3)14(12)17/h17H,8-9H2,1-7H3. The zero-order chi connectivity index (χ0) is 14.1. The Bertz CT molecular complexity index is 440. The molecule has 0 saturated carbocycles. The largest absolute Gasteiger partial charge is 0.507 e. The molecule has 0 aromatic heterocycles. The lowest BCUT2D eigenvalue weighted by Gasteiger charge is -2.27. The van der Waals surface area contributed by atoms with E-state index >= 15 is 0 Å². The van der Waals surface area contributed by atoms with Gasteiger partial charge in [0.2, 0.25) is 0 Å². The Morgan fingerprint density at radius 2 is 1.44 bits per heavy atom. The van der Waals surface area contributed by atoms with Crippen LogP contribution < -0.4 is 4.74 Å². The minimum atomic E-state index is -0.219. The van der Waals surface area contributed by atoms with Gasteiger partial charge in [0.15, 0.2) is 0 Å². The van der Waals surface area contributed by atoms with Crippen LogP contribution in [0.3, 0.4) is 0 Å². The fourth-order valence-corrected chi connectivity index (χ4v) is 2.38. The third-order valence-corrected chi connectivity index (χ3v) is 3.28. The van der Waals surface area contributed by atoms with Crippen LogP contribution in [0, 0.1) is 13.8 Å². The van der Waals surface area contributed by atoms with E-state index in [-0.39, 0.29) is 5.60 Å². The van der Waals surface area contributed by atoms with E-state index in [0.717, 1.165) is 40.8 Å². The molecule has 0 bridgehead atoms. The molecule has 0 unspecified atom stereocenters. The van der Waals surface area contributed by atoms with E-state index in [1.165, 1.54) is 0 Å². The Labute approximate surface area is 111 Å². The quantitative estimate of drug-likeness (QED) is 0.866. The van der Waals surface area contributed by atoms with E-state index in [2.05, 4.69) is 34.6 Å². The van der Waals surface area contributed by atoms with Crippen molar-refractivity contribution in [2.75, 3.05) is 0 Å². The van der Waals surface area contributed by atoms with E-state index < -0.39 is 0 Å². The molecule has 102 valence electrons. The van der Waals surface area contributed by atoms with Gasteiger partial charge in [0.1, 0.15) is 17.1 Å². The molecule has 18 heavy (non-hydrogen) atoms. The molecule has 0 aliphatic carbocycles. The molecule has 1 rings (SSSR count). The van der Waals surface area contributed by atoms with Crippen molar-refractivity contribution in [2.45, 2.75) is 66.9 Å². The van der Waals surface area contributed by atoms with Gasteiger partial charge in [0.25, 0.3) is 0 Å². The van der Waals surface area contributed by atoms with Crippen molar-refractivity contribution in [3.63, 3.8) is 0 Å². The van der Waals surface area contributed by atoms with Gasteiger partial charge in [-0.3, -0.25) is 0 Å². The summed E-state index contributed by atoms with van der Waals surface area (Å²) in [6.07, 6.45) is 1.69. The highest BCUT2D eigenvalue weighted by Gasteiger charge is 2.22. The molecule has 0 aliphatic rings. The first kappa shape index (κ1) is 14.9. The van der Waals surface area contributed by atoms with E-state index in [0.29, 0.717) is 5.75 Å². The molecular weight excluding hydrogens is 224 g/mol. The Hall–Kier alpha value is -1.18. The second-order valence-electron chi connectivity index (χ2n) is 5.81. The topological polar surface area (TPSA) is 29.5 Å². The van der Waals surface area contributed by atoms with Crippen molar-refractivity contribution in [3.8, 4) is 11.5 Å². The first-order valence-corrected chi connectivity index (χ1v) is 6.75. The van der Waals surface area contributed by atoms with Crippen LogP contribution in [0.2, 0.25) is 0 Å². The van der Waals surface area contributed by atoms with Crippen molar-refractivity contribution in [2.24, 2.45) is 0 Å². The lowest BCUT2D eigenvalue weighted by molar-refractivity contribution is 0.128. The van der Waals surface area contributed by atoms with Crippen molar-refractivity contribution in [1.29, 1.82) is 0 Å². The van der Waals surface area contributed by atoms with Crippen LogP contribution in [-0.4, -0.2) is 10.7 Å². The molecule has 0 aliphatic heterocycles. The molecule has 1 aromatic rings. The summed E-state index contributed by atoms with van der Waals surface area (Å²) in [6, 6.07) is 0. The molecule has 0 atom stereocenters. The summed E-state index contributed by atoms with van der Waals surface area (Å²) in [6.45, 7) is 14.3. The first-order chi connectivity index (χ1) is 8.22. The summed E-state index contributed by atoms with van der Waals surface area (Å²) in [5.41, 5.74) is 3.94. The van der Waals surface area contributed by atoms with Crippen LogP contribution in [0.5, 0.6) is 11.5 Å². The van der Waals surface area contributed by atoms with E-state index in [4.69, 9.17) is 4.74 Å². The van der Waals surface area contributed by atoms with Crippen molar-refractivity contribution in [1.82, 2.24) is 0 Å². The van der Waals surface area contributed by atoms with Gasteiger partial charge in [-0.15, -0.1) is 0 Å². The van der Waals surface area contributed by atoms with Gasteiger partial charge in [-0.2, -0.15) is 0 Å². The predicted molar refractivity (Wildman–Crippen MR) is 76.7 cm³/mol. The van der Waals surface area contributed by atoms with Crippen LogP contribution >= 0.6 is 0 Å². The minimum Gasteiger partial charge on any atom is -0.507 e. The van der Waals surface area contributed by atoms with Gasteiger partial charge in [-0.25, -0.2) is 0 Å². The molecule has 0 fully saturated rings. The van der Waals surface area contributed by atoms with Gasteiger partial charge < -0.3 is 9.84 Å². The van der Waals surface area contributed by atoms with Gasteiger partial charge in [-0.1, -0.05) is 13.8 Å². The average Bonchev–Trinajstić information content (AvgIpc) is 2.25. The van der Waals surface area contributed by atoms with Gasteiger partial charge in [0.05, 0.1) is 0 Å². The Morgan fingerprint density at radius 1 is 0.944 bits per heavy atom. The number of hydrogen-bond acceptors (Lipinski definition) is 2. The maximum absolute atomic E-state index is 10.3. The van der Waals surface area contributed by atoms with Crippen LogP contribution in [-0.2, 0) is 12.8 Å². The van der Waals surface area contributed by atoms with Crippen LogP contribution in [0.4, 0.5) is 0 Å². The molecular formula is C16H26O2. The third kappa shape index (κ3) is 2.80. The molecule has 2 heteroatoms. The smallest absolute Gasteiger partial charge is 0.126 e. The molecule has 0 spiro atoms. The highest BCUT2D eigenvalue weighted by molar-refractivity contribution is 5.58. The first-order valence-electron chi connectivity index (χ1n) is 6.75. The third-order valence-electron chi connectivity index (χ3n) is 3.28. The normalized spacial score (nSPS) is 11.7. The number of benzene rings is 1. The Kier molecular flexibility index (Phi) is 4.31. The Balaban J connectivity index is 3.52. The fraction of sp³-hybridized carbons (Fsp3) is 0.625. The summed E-state index contributed by atoms with van der Waals surface area (Å²) in [5, 5.41) is 10.3. The molecule has 2 nitrogen and oxygen atoms in total. The number of aromatic hydroxyl groups is 1. The SMILES string of the molecule is CCc1c(C)c(OC(C)(C)C)c(CC)c(C)c1O. The predicted octanol–water partition coefficient (Wildman–Crippen LogP) is 4.31. The maximum atomic E-state index is 10.3. The summed E-state index contributed by atoms with van der Waals surface area (Å²) in [4.78, 5) is 0. The summed E-state index contributed by atoms with van der Waals surface area (Å²) >= 11 is 0. The fourth-order valence-electron chi connectivity index (χ4n) is 2.38. The van der Waals surface area contributed by atoms with E-state index in [1.807, 2.05) is 13.8 Å². The maximum Gasteiger partial charge on any atom is 0.126 e. The van der Waals surface area contributed by atoms with Crippen LogP contribution in [0.25, 0.3) is 0 Å². The number of ether oxygens (including phenoxy) is 1. The molecule has 0 heterocycles. The zero-order valence-electron chi connectivity index (χ0n) is 12.8. The van der Waals surface area contributed by atoms with E-state index in [1.54, 1.807) is 0 Å². The number of phenols is 1. The number of rotatable bonds is 3. The second kappa shape index (κ2) is 5.21. The minimum absolute atomic E-state index is 0.219. The summed E-state index contributed by atoms with van der Waals surface area (Å²) in [5.74, 6) is 1.39. The Morgan fingerprint density at radius 3 is 1.83 bits per heavy atom. The molecule has 1 N–H and O–H groups in total. The van der Waals surface area contributed by atoms with Crippen molar-refractivity contribution < 1.29 is 9.84 Å². The number of phenolic OH excluding ortho intramolecular Hbond substituents is 1. The van der Waals surface area contributed by atoms with Crippen molar-refractivity contribution in [3.05, 3.63) is 22.3 Å². The highest BCUT2D eigenvalue weighted by atomic mass is 16.5. The monoisotopic (exact) mass is 250 g/mol.